The van der Waals surface area contributed by atoms with E-state index in [4.69, 9.17) is 4.74 Å². The minimum absolute atomic E-state index is 0.181. The van der Waals surface area contributed by atoms with Gasteiger partial charge in [0, 0.05) is 13.0 Å². The van der Waals surface area contributed by atoms with E-state index >= 15 is 0 Å². The fourth-order valence-corrected chi connectivity index (χ4v) is 1.56. The number of ether oxygens (including phenoxy) is 1. The van der Waals surface area contributed by atoms with E-state index in [0.29, 0.717) is 0 Å². The van der Waals surface area contributed by atoms with Crippen LogP contribution in [0.5, 0.6) is 0 Å². The Labute approximate surface area is 84.6 Å². The van der Waals surface area contributed by atoms with E-state index in [2.05, 4.69) is 29.6 Å². The summed E-state index contributed by atoms with van der Waals surface area (Å²) in [4.78, 5) is 0. The second-order valence-electron chi connectivity index (χ2n) is 3.43. The van der Waals surface area contributed by atoms with Gasteiger partial charge in [-0.1, -0.05) is 30.3 Å². The Morgan fingerprint density at radius 1 is 1.29 bits per heavy atom. The summed E-state index contributed by atoms with van der Waals surface area (Å²) >= 11 is 0. The van der Waals surface area contributed by atoms with Crippen molar-refractivity contribution >= 4 is 0 Å². The molecule has 2 rings (SSSR count). The molecule has 14 heavy (non-hydrogen) atoms. The van der Waals surface area contributed by atoms with E-state index in [1.165, 1.54) is 5.56 Å². The first-order chi connectivity index (χ1) is 6.95. The molecule has 1 aliphatic rings. The maximum atomic E-state index is 5.41. The molecular weight excluding hydrogens is 174 g/mol. The molecule has 2 heteroatoms. The van der Waals surface area contributed by atoms with Crippen LogP contribution in [0.15, 0.2) is 42.7 Å². The molecule has 0 saturated heterocycles. The van der Waals surface area contributed by atoms with E-state index < -0.39 is 0 Å². The predicted molar refractivity (Wildman–Crippen MR) is 56.8 cm³/mol. The van der Waals surface area contributed by atoms with Crippen molar-refractivity contribution in [2.45, 2.75) is 19.1 Å². The highest BCUT2D eigenvalue weighted by atomic mass is 16.5. The highest BCUT2D eigenvalue weighted by molar-refractivity contribution is 5.14. The molecule has 0 aliphatic carbocycles. The van der Waals surface area contributed by atoms with Crippen LogP contribution in [0.4, 0.5) is 0 Å². The first-order valence-electron chi connectivity index (χ1n) is 5.03. The average Bonchev–Trinajstić information content (AvgIpc) is 2.29. The Bertz CT molecular complexity index is 294. The van der Waals surface area contributed by atoms with Gasteiger partial charge in [-0.05, 0) is 18.1 Å². The van der Waals surface area contributed by atoms with Crippen molar-refractivity contribution < 1.29 is 4.74 Å². The summed E-state index contributed by atoms with van der Waals surface area (Å²) in [5.74, 6) is 0. The van der Waals surface area contributed by atoms with Gasteiger partial charge in [-0.2, -0.15) is 0 Å². The summed E-state index contributed by atoms with van der Waals surface area (Å²) in [6.07, 6.45) is 6.03. The summed E-state index contributed by atoms with van der Waals surface area (Å²) in [6.45, 7) is 0.916. The van der Waals surface area contributed by atoms with Crippen LogP contribution in [0.1, 0.15) is 12.0 Å². The number of nitrogens with one attached hydrogen (secondary N) is 1. The van der Waals surface area contributed by atoms with Crippen LogP contribution in [0, 0.1) is 0 Å². The molecule has 0 radical (unpaired) electrons. The second-order valence-corrected chi connectivity index (χ2v) is 3.43. The lowest BCUT2D eigenvalue weighted by atomic mass is 10.1. The normalized spacial score (nSPS) is 20.4. The van der Waals surface area contributed by atoms with Crippen LogP contribution < -0.4 is 5.32 Å². The smallest absolute Gasteiger partial charge is 0.149 e. The van der Waals surface area contributed by atoms with Crippen LogP contribution in [0.25, 0.3) is 0 Å². The van der Waals surface area contributed by atoms with E-state index in [0.717, 1.165) is 19.4 Å². The van der Waals surface area contributed by atoms with Gasteiger partial charge < -0.3 is 4.74 Å². The van der Waals surface area contributed by atoms with Crippen molar-refractivity contribution in [3.8, 4) is 0 Å². The van der Waals surface area contributed by atoms with Gasteiger partial charge in [-0.3, -0.25) is 5.32 Å². The SMILES string of the molecule is C1=COC(CCc2ccccc2)NC1. The topological polar surface area (TPSA) is 21.3 Å². The summed E-state index contributed by atoms with van der Waals surface area (Å²) < 4.78 is 5.41. The monoisotopic (exact) mass is 189 g/mol. The van der Waals surface area contributed by atoms with Gasteiger partial charge >= 0.3 is 0 Å². The average molecular weight is 189 g/mol. The van der Waals surface area contributed by atoms with Crippen LogP contribution in [-0.4, -0.2) is 12.8 Å². The van der Waals surface area contributed by atoms with Gasteiger partial charge in [-0.15, -0.1) is 0 Å². The molecule has 1 heterocycles. The standard InChI is InChI=1S/C12H15NO/c1-2-5-11(6-3-1)7-8-12-13-9-4-10-14-12/h1-6,10,12-13H,7-9H2. The zero-order valence-corrected chi connectivity index (χ0v) is 8.15. The van der Waals surface area contributed by atoms with Crippen molar-refractivity contribution in [1.82, 2.24) is 5.32 Å². The van der Waals surface area contributed by atoms with Gasteiger partial charge in [-0.25, -0.2) is 0 Å². The second kappa shape index (κ2) is 4.82. The molecule has 0 bridgehead atoms. The largest absolute Gasteiger partial charge is 0.483 e. The zero-order valence-electron chi connectivity index (χ0n) is 8.15. The van der Waals surface area contributed by atoms with Crippen LogP contribution in [0.2, 0.25) is 0 Å². The van der Waals surface area contributed by atoms with Crippen molar-refractivity contribution in [3.63, 3.8) is 0 Å². The fourth-order valence-electron chi connectivity index (χ4n) is 1.56. The number of hydrogen-bond donors (Lipinski definition) is 1. The first kappa shape index (κ1) is 9.28. The predicted octanol–water partition coefficient (Wildman–Crippen LogP) is 2.08. The number of aryl methyl sites for hydroxylation is 1. The van der Waals surface area contributed by atoms with Crippen molar-refractivity contribution in [1.29, 1.82) is 0 Å². The molecule has 1 atom stereocenters. The Kier molecular flexibility index (Phi) is 3.19. The van der Waals surface area contributed by atoms with Crippen molar-refractivity contribution in [2.24, 2.45) is 0 Å². The Morgan fingerprint density at radius 2 is 2.14 bits per heavy atom. The lowest BCUT2D eigenvalue weighted by Gasteiger charge is -2.20. The molecule has 0 aromatic heterocycles. The minimum atomic E-state index is 0.181. The van der Waals surface area contributed by atoms with Crippen molar-refractivity contribution in [3.05, 3.63) is 48.2 Å². The van der Waals surface area contributed by atoms with Crippen LogP contribution >= 0.6 is 0 Å². The third-order valence-electron chi connectivity index (χ3n) is 2.34. The van der Waals surface area contributed by atoms with E-state index in [1.54, 1.807) is 6.26 Å². The maximum Gasteiger partial charge on any atom is 0.149 e. The van der Waals surface area contributed by atoms with Gasteiger partial charge in [0.2, 0.25) is 0 Å². The van der Waals surface area contributed by atoms with E-state index in [9.17, 15) is 0 Å². The number of hydrogen-bond acceptors (Lipinski definition) is 2. The van der Waals surface area contributed by atoms with Gasteiger partial charge in [0.15, 0.2) is 0 Å². The highest BCUT2D eigenvalue weighted by Crippen LogP contribution is 2.07. The summed E-state index contributed by atoms with van der Waals surface area (Å²) in [7, 11) is 0. The van der Waals surface area contributed by atoms with E-state index in [-0.39, 0.29) is 6.23 Å². The minimum Gasteiger partial charge on any atom is -0.483 e. The molecule has 74 valence electrons. The summed E-state index contributed by atoms with van der Waals surface area (Å²) in [5.41, 5.74) is 1.37. The van der Waals surface area contributed by atoms with Crippen LogP contribution in [-0.2, 0) is 11.2 Å². The zero-order chi connectivity index (χ0) is 9.64. The third kappa shape index (κ3) is 2.60. The molecule has 1 N–H and O–H groups in total. The molecule has 0 spiro atoms. The number of benzene rings is 1. The van der Waals surface area contributed by atoms with Crippen LogP contribution in [0.3, 0.4) is 0 Å². The number of rotatable bonds is 3. The quantitative estimate of drug-likeness (QED) is 0.786. The van der Waals surface area contributed by atoms with Gasteiger partial charge in [0.05, 0.1) is 6.26 Å². The molecule has 1 aliphatic heterocycles. The van der Waals surface area contributed by atoms with Crippen molar-refractivity contribution in [2.75, 3.05) is 6.54 Å². The lowest BCUT2D eigenvalue weighted by molar-refractivity contribution is 0.0952. The molecule has 0 fully saturated rings. The lowest BCUT2D eigenvalue weighted by Crippen LogP contribution is -2.33. The highest BCUT2D eigenvalue weighted by Gasteiger charge is 2.08. The molecule has 0 saturated carbocycles. The molecule has 2 nitrogen and oxygen atoms in total. The first-order valence-corrected chi connectivity index (χ1v) is 5.03. The summed E-state index contributed by atoms with van der Waals surface area (Å²) in [5, 5.41) is 3.28. The Morgan fingerprint density at radius 3 is 2.86 bits per heavy atom. The molecular formula is C12H15NO. The Hall–Kier alpha value is -1.28. The maximum absolute atomic E-state index is 5.41. The van der Waals surface area contributed by atoms with E-state index in [1.807, 2.05) is 12.1 Å². The fraction of sp³-hybridized carbons (Fsp3) is 0.333. The third-order valence-corrected chi connectivity index (χ3v) is 2.34. The Balaban J connectivity index is 1.80. The van der Waals surface area contributed by atoms with Gasteiger partial charge in [0.1, 0.15) is 6.23 Å². The molecule has 1 aromatic carbocycles. The van der Waals surface area contributed by atoms with Gasteiger partial charge in [0.25, 0.3) is 0 Å². The summed E-state index contributed by atoms with van der Waals surface area (Å²) in [6, 6.07) is 10.5. The molecule has 0 amide bonds. The molecule has 1 unspecified atom stereocenters. The molecule has 1 aromatic rings.